The normalized spacial score (nSPS) is 13.1. The Kier molecular flexibility index (Phi) is 6.90. The number of fused-ring (bicyclic) bond motifs is 7. The molecule has 0 radical (unpaired) electrons. The van der Waals surface area contributed by atoms with E-state index in [4.69, 9.17) is 9.40 Å². The summed E-state index contributed by atoms with van der Waals surface area (Å²) in [6, 6.07) is 65.7. The number of benzene rings is 8. The quantitative estimate of drug-likeness (QED) is 0.179. The van der Waals surface area contributed by atoms with Crippen molar-refractivity contribution in [2.45, 2.75) is 19.3 Å². The molecule has 1 aliphatic rings. The Morgan fingerprint density at radius 1 is 0.473 bits per heavy atom. The van der Waals surface area contributed by atoms with Crippen molar-refractivity contribution in [2.75, 3.05) is 0 Å². The molecule has 0 unspecified atom stereocenters. The van der Waals surface area contributed by atoms with Crippen molar-refractivity contribution in [1.29, 1.82) is 0 Å². The number of hydrogen-bond donors (Lipinski definition) is 0. The van der Waals surface area contributed by atoms with Crippen LogP contribution in [0.25, 0.3) is 94.6 Å². The third kappa shape index (κ3) is 4.79. The van der Waals surface area contributed by atoms with Crippen molar-refractivity contribution < 1.29 is 4.42 Å². The van der Waals surface area contributed by atoms with Crippen molar-refractivity contribution in [3.63, 3.8) is 0 Å². The van der Waals surface area contributed by atoms with Crippen molar-refractivity contribution in [3.05, 3.63) is 193 Å². The first-order chi connectivity index (χ1) is 27.0. The minimum Gasteiger partial charge on any atom is -0.436 e. The van der Waals surface area contributed by atoms with E-state index in [1.807, 2.05) is 24.3 Å². The van der Waals surface area contributed by atoms with Crippen LogP contribution in [0.1, 0.15) is 25.0 Å². The van der Waals surface area contributed by atoms with Gasteiger partial charge >= 0.3 is 0 Å². The van der Waals surface area contributed by atoms with Crippen LogP contribution in [0.5, 0.6) is 0 Å². The highest BCUT2D eigenvalue weighted by molar-refractivity contribution is 6.18. The molecule has 3 heteroatoms. The van der Waals surface area contributed by atoms with E-state index in [0.29, 0.717) is 5.89 Å². The van der Waals surface area contributed by atoms with Crippen LogP contribution >= 0.6 is 0 Å². The highest BCUT2D eigenvalue weighted by Gasteiger charge is 2.36. The standard InChI is InChI=1S/C52H36N2O/c1-52(2)44-21-10-9-18-40(44)41-29-28-37(32-45(41)52)54-49(35-16-7-4-8-17-35)48(34-14-5-3-6-15-34)43-31-30-39-38(19-13-20-42(39)50(43)54)33-24-26-36(27-25-33)51-53-46-22-11-12-23-47(46)55-51/h3-32H,1-2H3. The molecule has 11 rings (SSSR count). The zero-order valence-electron chi connectivity index (χ0n) is 30.6. The Labute approximate surface area is 319 Å². The third-order valence-electron chi connectivity index (χ3n) is 11.7. The van der Waals surface area contributed by atoms with Crippen molar-refractivity contribution in [1.82, 2.24) is 9.55 Å². The van der Waals surface area contributed by atoms with Gasteiger partial charge in [0.1, 0.15) is 5.52 Å². The molecular weight excluding hydrogens is 669 g/mol. The lowest BCUT2D eigenvalue weighted by Gasteiger charge is -2.23. The number of aromatic nitrogens is 2. The van der Waals surface area contributed by atoms with Crippen LogP contribution in [0.3, 0.4) is 0 Å². The average Bonchev–Trinajstić information content (AvgIpc) is 3.90. The zero-order chi connectivity index (χ0) is 36.7. The number of hydrogen-bond acceptors (Lipinski definition) is 2. The van der Waals surface area contributed by atoms with Gasteiger partial charge in [-0.15, -0.1) is 0 Å². The van der Waals surface area contributed by atoms with Crippen LogP contribution in [0.2, 0.25) is 0 Å². The Morgan fingerprint density at radius 2 is 1.13 bits per heavy atom. The molecule has 0 saturated heterocycles. The molecule has 0 fully saturated rings. The van der Waals surface area contributed by atoms with Crippen LogP contribution in [0.15, 0.2) is 186 Å². The number of para-hydroxylation sites is 2. The van der Waals surface area contributed by atoms with E-state index < -0.39 is 0 Å². The fourth-order valence-electron chi connectivity index (χ4n) is 9.03. The van der Waals surface area contributed by atoms with Crippen LogP contribution in [0, 0.1) is 0 Å². The number of rotatable bonds is 5. The second-order valence-electron chi connectivity index (χ2n) is 15.1. The van der Waals surface area contributed by atoms with E-state index in [2.05, 4.69) is 176 Å². The van der Waals surface area contributed by atoms with Crippen LogP contribution in [-0.2, 0) is 5.41 Å². The van der Waals surface area contributed by atoms with E-state index in [1.165, 1.54) is 71.9 Å². The summed E-state index contributed by atoms with van der Waals surface area (Å²) in [6.07, 6.45) is 0. The van der Waals surface area contributed by atoms with E-state index >= 15 is 0 Å². The van der Waals surface area contributed by atoms with E-state index in [0.717, 1.165) is 27.9 Å². The highest BCUT2D eigenvalue weighted by Crippen LogP contribution is 2.51. The second kappa shape index (κ2) is 12.0. The summed E-state index contributed by atoms with van der Waals surface area (Å²) in [7, 11) is 0. The lowest BCUT2D eigenvalue weighted by Crippen LogP contribution is -2.15. The predicted molar refractivity (Wildman–Crippen MR) is 228 cm³/mol. The van der Waals surface area contributed by atoms with Gasteiger partial charge in [0.05, 0.1) is 11.2 Å². The molecule has 0 N–H and O–H groups in total. The van der Waals surface area contributed by atoms with Gasteiger partial charge in [0.15, 0.2) is 5.58 Å². The van der Waals surface area contributed by atoms with Gasteiger partial charge in [0, 0.05) is 33.0 Å². The Balaban J connectivity index is 1.18. The van der Waals surface area contributed by atoms with Crippen molar-refractivity contribution in [2.24, 2.45) is 0 Å². The molecule has 1 aliphatic carbocycles. The zero-order valence-corrected chi connectivity index (χ0v) is 30.6. The smallest absolute Gasteiger partial charge is 0.227 e. The van der Waals surface area contributed by atoms with Gasteiger partial charge in [-0.3, -0.25) is 0 Å². The van der Waals surface area contributed by atoms with Gasteiger partial charge in [-0.2, -0.15) is 0 Å². The van der Waals surface area contributed by atoms with Gasteiger partial charge in [-0.25, -0.2) is 4.98 Å². The molecule has 0 spiro atoms. The molecule has 3 nitrogen and oxygen atoms in total. The van der Waals surface area contributed by atoms with Crippen LogP contribution < -0.4 is 0 Å². The predicted octanol–water partition coefficient (Wildman–Crippen LogP) is 13.9. The van der Waals surface area contributed by atoms with E-state index in [-0.39, 0.29) is 5.41 Å². The average molecular weight is 705 g/mol. The summed E-state index contributed by atoms with van der Waals surface area (Å²) >= 11 is 0. The molecular formula is C52H36N2O. The Hall–Kier alpha value is -6.97. The van der Waals surface area contributed by atoms with Crippen molar-refractivity contribution in [3.8, 4) is 61.8 Å². The molecule has 0 amide bonds. The molecule has 2 aromatic heterocycles. The minimum atomic E-state index is -0.126. The number of oxazole rings is 1. The fourth-order valence-corrected chi connectivity index (χ4v) is 9.03. The monoisotopic (exact) mass is 704 g/mol. The summed E-state index contributed by atoms with van der Waals surface area (Å²) < 4.78 is 8.64. The van der Waals surface area contributed by atoms with Crippen molar-refractivity contribution >= 4 is 32.8 Å². The first-order valence-electron chi connectivity index (χ1n) is 19.0. The summed E-state index contributed by atoms with van der Waals surface area (Å²) in [5.74, 6) is 0.632. The molecule has 10 aromatic rings. The highest BCUT2D eigenvalue weighted by atomic mass is 16.3. The maximum Gasteiger partial charge on any atom is 0.227 e. The molecule has 2 heterocycles. The molecule has 0 atom stereocenters. The summed E-state index contributed by atoms with van der Waals surface area (Å²) in [4.78, 5) is 4.74. The minimum absolute atomic E-state index is 0.126. The van der Waals surface area contributed by atoms with Gasteiger partial charge in [-0.1, -0.05) is 159 Å². The SMILES string of the molecule is CC1(C)c2ccccc2-c2ccc(-n3c(-c4ccccc4)c(-c4ccccc4)c4ccc5c(-c6ccc(-c7nc8ccccc8o7)cc6)cccc5c43)cc21. The first-order valence-corrected chi connectivity index (χ1v) is 19.0. The van der Waals surface area contributed by atoms with Gasteiger partial charge in [0.25, 0.3) is 0 Å². The van der Waals surface area contributed by atoms with Crippen LogP contribution in [-0.4, -0.2) is 9.55 Å². The van der Waals surface area contributed by atoms with E-state index in [1.54, 1.807) is 0 Å². The summed E-state index contributed by atoms with van der Waals surface area (Å²) in [5.41, 5.74) is 17.4. The topological polar surface area (TPSA) is 31.0 Å². The van der Waals surface area contributed by atoms with E-state index in [9.17, 15) is 0 Å². The first kappa shape index (κ1) is 31.5. The molecule has 8 aromatic carbocycles. The maximum absolute atomic E-state index is 6.10. The van der Waals surface area contributed by atoms with Gasteiger partial charge in [-0.05, 0) is 86.3 Å². The lowest BCUT2D eigenvalue weighted by molar-refractivity contribution is 0.620. The summed E-state index contributed by atoms with van der Waals surface area (Å²) in [6.45, 7) is 4.72. The maximum atomic E-state index is 6.10. The fraction of sp³-hybridized carbons (Fsp3) is 0.0577. The summed E-state index contributed by atoms with van der Waals surface area (Å²) in [5, 5.41) is 3.64. The third-order valence-corrected chi connectivity index (χ3v) is 11.7. The number of nitrogens with zero attached hydrogens (tertiary/aromatic N) is 2. The molecule has 0 aliphatic heterocycles. The van der Waals surface area contributed by atoms with Gasteiger partial charge < -0.3 is 8.98 Å². The largest absolute Gasteiger partial charge is 0.436 e. The van der Waals surface area contributed by atoms with Crippen LogP contribution in [0.4, 0.5) is 0 Å². The Bertz CT molecular complexity index is 3060. The van der Waals surface area contributed by atoms with Gasteiger partial charge in [0.2, 0.25) is 5.89 Å². The molecule has 55 heavy (non-hydrogen) atoms. The lowest BCUT2D eigenvalue weighted by atomic mass is 9.82. The Morgan fingerprint density at radius 3 is 1.93 bits per heavy atom. The molecule has 0 bridgehead atoms. The molecule has 260 valence electrons. The second-order valence-corrected chi connectivity index (χ2v) is 15.1. The molecule has 0 saturated carbocycles.